The zero-order valence-electron chi connectivity index (χ0n) is 16.1. The number of nitrogens with zero attached hydrogens (tertiary/aromatic N) is 2. The first-order valence-electron chi connectivity index (χ1n) is 9.45. The van der Waals surface area contributed by atoms with Gasteiger partial charge in [0, 0.05) is 17.9 Å². The molecule has 2 rings (SSSR count). The highest BCUT2D eigenvalue weighted by molar-refractivity contribution is 5.93. The number of carbonyl (C=O) groups excluding carboxylic acids is 1. The molecule has 0 atom stereocenters. The zero-order valence-corrected chi connectivity index (χ0v) is 16.1. The van der Waals surface area contributed by atoms with E-state index < -0.39 is 5.97 Å². The van der Waals surface area contributed by atoms with E-state index in [0.717, 1.165) is 29.9 Å². The van der Waals surface area contributed by atoms with Crippen molar-refractivity contribution in [2.24, 2.45) is 0 Å². The van der Waals surface area contributed by atoms with Crippen molar-refractivity contribution in [1.82, 2.24) is 20.6 Å². The Hall–Kier alpha value is -2.81. The summed E-state index contributed by atoms with van der Waals surface area (Å²) in [5.74, 6) is 1.94. The van der Waals surface area contributed by atoms with Crippen LogP contribution < -0.4 is 10.6 Å². The lowest BCUT2D eigenvalue weighted by atomic mass is 9.95. The van der Waals surface area contributed by atoms with Gasteiger partial charge in [-0.25, -0.2) is 14.8 Å². The maximum Gasteiger partial charge on any atom is 0.346 e. The van der Waals surface area contributed by atoms with Gasteiger partial charge in [-0.1, -0.05) is 25.2 Å². The smallest absolute Gasteiger partial charge is 0.346 e. The topological polar surface area (TPSA) is 76.1 Å². The first kappa shape index (κ1) is 20.5. The van der Waals surface area contributed by atoms with E-state index in [1.54, 1.807) is 19.2 Å². The molecule has 144 valence electrons. The number of terminal acetylenes is 1. The molecular formula is C21H28N4O2. The SMILES string of the molecule is C#C/C(=C\C(NCc1ccncn1)=C(/C)NC1CCCCC1)C(=O)OCC. The van der Waals surface area contributed by atoms with Crippen molar-refractivity contribution in [3.05, 3.63) is 47.3 Å². The van der Waals surface area contributed by atoms with E-state index in [0.29, 0.717) is 12.6 Å². The highest BCUT2D eigenvalue weighted by atomic mass is 16.5. The fraction of sp³-hybridized carbons (Fsp3) is 0.476. The van der Waals surface area contributed by atoms with E-state index in [-0.39, 0.29) is 12.2 Å². The average molecular weight is 368 g/mol. The molecule has 1 aliphatic carbocycles. The quantitative estimate of drug-likeness (QED) is 0.318. The number of hydrogen-bond acceptors (Lipinski definition) is 6. The number of carbonyl (C=O) groups is 1. The molecule has 1 aromatic heterocycles. The fourth-order valence-corrected chi connectivity index (χ4v) is 3.04. The summed E-state index contributed by atoms with van der Waals surface area (Å²) in [6.45, 7) is 4.53. The van der Waals surface area contributed by atoms with Gasteiger partial charge in [-0.05, 0) is 38.8 Å². The van der Waals surface area contributed by atoms with Crippen LogP contribution in [0.2, 0.25) is 0 Å². The summed E-state index contributed by atoms with van der Waals surface area (Å²) < 4.78 is 5.05. The molecule has 1 fully saturated rings. The Bertz CT molecular complexity index is 713. The highest BCUT2D eigenvalue weighted by Crippen LogP contribution is 2.19. The third kappa shape index (κ3) is 6.78. The van der Waals surface area contributed by atoms with Crippen molar-refractivity contribution in [3.8, 4) is 12.3 Å². The summed E-state index contributed by atoms with van der Waals surface area (Å²) in [5, 5.41) is 6.91. The predicted molar refractivity (Wildman–Crippen MR) is 105 cm³/mol. The zero-order chi connectivity index (χ0) is 19.5. The Morgan fingerprint density at radius 1 is 1.41 bits per heavy atom. The lowest BCUT2D eigenvalue weighted by molar-refractivity contribution is -0.138. The fourth-order valence-electron chi connectivity index (χ4n) is 3.04. The van der Waals surface area contributed by atoms with E-state index in [9.17, 15) is 4.79 Å². The van der Waals surface area contributed by atoms with Gasteiger partial charge in [0.1, 0.15) is 11.9 Å². The molecule has 0 spiro atoms. The van der Waals surface area contributed by atoms with Crippen molar-refractivity contribution in [2.45, 2.75) is 58.5 Å². The molecule has 0 aliphatic heterocycles. The van der Waals surface area contributed by atoms with Gasteiger partial charge in [-0.2, -0.15) is 0 Å². The van der Waals surface area contributed by atoms with Crippen molar-refractivity contribution >= 4 is 5.97 Å². The van der Waals surface area contributed by atoms with Crippen LogP contribution in [0.25, 0.3) is 0 Å². The van der Waals surface area contributed by atoms with Crippen LogP contribution in [0, 0.1) is 12.3 Å². The van der Waals surface area contributed by atoms with Crippen LogP contribution in [0.5, 0.6) is 0 Å². The minimum absolute atomic E-state index is 0.187. The van der Waals surface area contributed by atoms with Gasteiger partial charge in [0.25, 0.3) is 0 Å². The third-order valence-corrected chi connectivity index (χ3v) is 4.47. The van der Waals surface area contributed by atoms with Crippen molar-refractivity contribution in [3.63, 3.8) is 0 Å². The van der Waals surface area contributed by atoms with Crippen LogP contribution in [0.3, 0.4) is 0 Å². The molecule has 0 radical (unpaired) electrons. The van der Waals surface area contributed by atoms with Gasteiger partial charge in [0.2, 0.25) is 0 Å². The molecule has 1 aromatic rings. The normalized spacial score (nSPS) is 16.1. The summed E-state index contributed by atoms with van der Waals surface area (Å²) in [7, 11) is 0. The molecule has 2 N–H and O–H groups in total. The molecule has 0 amide bonds. The summed E-state index contributed by atoms with van der Waals surface area (Å²) in [4.78, 5) is 20.2. The standard InChI is InChI=1S/C21H28N4O2/c1-4-17(21(26)27-5-2)13-20(23-14-19-11-12-22-15-24-19)16(3)25-18-9-7-6-8-10-18/h1,11-13,15,18,23,25H,5-10,14H2,2-3H3/b17-13+,20-16-. The van der Waals surface area contributed by atoms with Gasteiger partial charge in [-0.15, -0.1) is 6.42 Å². The molecule has 6 nitrogen and oxygen atoms in total. The van der Waals surface area contributed by atoms with Crippen LogP contribution in [-0.2, 0) is 16.1 Å². The van der Waals surface area contributed by atoms with Crippen LogP contribution in [0.4, 0.5) is 0 Å². The van der Waals surface area contributed by atoms with Crippen LogP contribution >= 0.6 is 0 Å². The Balaban J connectivity index is 2.21. The maximum absolute atomic E-state index is 12.1. The second-order valence-electron chi connectivity index (χ2n) is 6.50. The number of nitrogens with one attached hydrogen (secondary N) is 2. The van der Waals surface area contributed by atoms with Gasteiger partial charge in [0.15, 0.2) is 0 Å². The average Bonchev–Trinajstić information content (AvgIpc) is 2.69. The Morgan fingerprint density at radius 3 is 2.81 bits per heavy atom. The van der Waals surface area contributed by atoms with Gasteiger partial charge < -0.3 is 15.4 Å². The lowest BCUT2D eigenvalue weighted by Gasteiger charge is -2.25. The summed E-state index contributed by atoms with van der Waals surface area (Å²) in [5.41, 5.74) is 2.75. The van der Waals surface area contributed by atoms with Gasteiger partial charge in [0.05, 0.1) is 24.5 Å². The predicted octanol–water partition coefficient (Wildman–Crippen LogP) is 2.84. The molecule has 1 heterocycles. The van der Waals surface area contributed by atoms with E-state index in [1.165, 1.54) is 25.6 Å². The molecule has 0 saturated heterocycles. The molecule has 6 heteroatoms. The van der Waals surface area contributed by atoms with Crippen LogP contribution in [-0.4, -0.2) is 28.6 Å². The van der Waals surface area contributed by atoms with E-state index in [1.807, 2.05) is 13.0 Å². The third-order valence-electron chi connectivity index (χ3n) is 4.47. The number of hydrogen-bond donors (Lipinski definition) is 2. The van der Waals surface area contributed by atoms with Gasteiger partial charge in [-0.3, -0.25) is 0 Å². The Kier molecular flexibility index (Phi) is 8.37. The number of ether oxygens (including phenoxy) is 1. The Labute approximate surface area is 161 Å². The molecular weight excluding hydrogens is 340 g/mol. The number of esters is 1. The first-order chi connectivity index (χ1) is 13.1. The van der Waals surface area contributed by atoms with Crippen molar-refractivity contribution < 1.29 is 9.53 Å². The van der Waals surface area contributed by atoms with E-state index >= 15 is 0 Å². The summed E-state index contributed by atoms with van der Waals surface area (Å²) >= 11 is 0. The summed E-state index contributed by atoms with van der Waals surface area (Å²) in [6, 6.07) is 2.28. The molecule has 0 aromatic carbocycles. The van der Waals surface area contributed by atoms with Crippen LogP contribution in [0.15, 0.2) is 41.6 Å². The summed E-state index contributed by atoms with van der Waals surface area (Å²) in [6.07, 6.45) is 16.5. The molecule has 1 saturated carbocycles. The minimum Gasteiger partial charge on any atom is -0.462 e. The number of rotatable bonds is 8. The Morgan fingerprint density at radius 2 is 2.19 bits per heavy atom. The second-order valence-corrected chi connectivity index (χ2v) is 6.50. The molecule has 0 bridgehead atoms. The van der Waals surface area contributed by atoms with Crippen LogP contribution in [0.1, 0.15) is 51.6 Å². The molecule has 27 heavy (non-hydrogen) atoms. The largest absolute Gasteiger partial charge is 0.462 e. The van der Waals surface area contributed by atoms with E-state index in [4.69, 9.17) is 11.2 Å². The second kappa shape index (κ2) is 11.0. The monoisotopic (exact) mass is 368 g/mol. The maximum atomic E-state index is 12.1. The number of allylic oxidation sites excluding steroid dienone is 2. The number of aromatic nitrogens is 2. The minimum atomic E-state index is -0.494. The molecule has 0 unspecified atom stereocenters. The first-order valence-corrected chi connectivity index (χ1v) is 9.45. The molecule has 1 aliphatic rings. The lowest BCUT2D eigenvalue weighted by Crippen LogP contribution is -2.32. The van der Waals surface area contributed by atoms with Gasteiger partial charge >= 0.3 is 5.97 Å². The van der Waals surface area contributed by atoms with E-state index in [2.05, 4.69) is 26.5 Å². The highest BCUT2D eigenvalue weighted by Gasteiger charge is 2.15. The van der Waals surface area contributed by atoms with Crippen molar-refractivity contribution in [2.75, 3.05) is 6.61 Å². The van der Waals surface area contributed by atoms with Crippen molar-refractivity contribution in [1.29, 1.82) is 0 Å².